The Hall–Kier alpha value is -2.27. The fourth-order valence-corrected chi connectivity index (χ4v) is 1.82. The maximum Gasteiger partial charge on any atom is 0.319 e. The zero-order valence-corrected chi connectivity index (χ0v) is 11.5. The first-order valence-electron chi connectivity index (χ1n) is 6.35. The molecule has 0 saturated carbocycles. The van der Waals surface area contributed by atoms with Crippen molar-refractivity contribution in [2.24, 2.45) is 0 Å². The van der Waals surface area contributed by atoms with Gasteiger partial charge in [-0.3, -0.25) is 0 Å². The number of hydrogen-bond acceptors (Lipinski definition) is 3. The van der Waals surface area contributed by atoms with E-state index in [9.17, 15) is 9.90 Å². The number of furan rings is 1. The van der Waals surface area contributed by atoms with E-state index in [1.165, 1.54) is 6.26 Å². The summed E-state index contributed by atoms with van der Waals surface area (Å²) in [5.74, 6) is 0.411. The van der Waals surface area contributed by atoms with Crippen LogP contribution in [0, 0.1) is 6.92 Å². The topological polar surface area (TPSA) is 74.5 Å². The van der Waals surface area contributed by atoms with Crippen LogP contribution in [-0.4, -0.2) is 17.7 Å². The Bertz CT molecular complexity index is 577. The minimum absolute atomic E-state index is 0.0537. The summed E-state index contributed by atoms with van der Waals surface area (Å²) in [4.78, 5) is 11.8. The fourth-order valence-electron chi connectivity index (χ4n) is 1.82. The number of aryl methyl sites for hydroxylation is 1. The monoisotopic (exact) mass is 274 g/mol. The molecule has 0 aliphatic carbocycles. The lowest BCUT2D eigenvalue weighted by Gasteiger charge is -2.21. The lowest BCUT2D eigenvalue weighted by Crippen LogP contribution is -2.40. The summed E-state index contributed by atoms with van der Waals surface area (Å²) in [7, 11) is 0. The Morgan fingerprint density at radius 3 is 2.80 bits per heavy atom. The van der Waals surface area contributed by atoms with Crippen LogP contribution >= 0.6 is 0 Å². The first-order chi connectivity index (χ1) is 9.47. The lowest BCUT2D eigenvalue weighted by atomic mass is 10.0. The van der Waals surface area contributed by atoms with E-state index in [0.29, 0.717) is 11.4 Å². The summed E-state index contributed by atoms with van der Waals surface area (Å²) in [6, 6.07) is 10.5. The van der Waals surface area contributed by atoms with Gasteiger partial charge in [-0.1, -0.05) is 12.1 Å². The third kappa shape index (κ3) is 3.61. The molecule has 0 bridgehead atoms. The number of carbonyl (C=O) groups is 1. The number of benzene rings is 1. The van der Waals surface area contributed by atoms with E-state index in [1.54, 1.807) is 25.1 Å². The summed E-state index contributed by atoms with van der Waals surface area (Å²) < 4.78 is 5.14. The van der Waals surface area contributed by atoms with Crippen LogP contribution in [0.5, 0.6) is 0 Å². The van der Waals surface area contributed by atoms with Crippen LogP contribution in [0.2, 0.25) is 0 Å². The number of amides is 2. The number of hydrogen-bond donors (Lipinski definition) is 3. The molecule has 2 amide bonds. The summed E-state index contributed by atoms with van der Waals surface area (Å²) in [5, 5.41) is 15.5. The van der Waals surface area contributed by atoms with Gasteiger partial charge in [-0.15, -0.1) is 0 Å². The molecule has 0 aliphatic rings. The average Bonchev–Trinajstić information content (AvgIpc) is 2.91. The SMILES string of the molecule is Cc1cccc(NC(=O)NCC(C)(O)c2ccco2)c1. The molecule has 20 heavy (non-hydrogen) atoms. The highest BCUT2D eigenvalue weighted by Gasteiger charge is 2.26. The van der Waals surface area contributed by atoms with Crippen molar-refractivity contribution < 1.29 is 14.3 Å². The van der Waals surface area contributed by atoms with Gasteiger partial charge in [0.15, 0.2) is 0 Å². The molecule has 1 aromatic heterocycles. The maximum absolute atomic E-state index is 11.8. The average molecular weight is 274 g/mol. The van der Waals surface area contributed by atoms with Gasteiger partial charge in [0.05, 0.1) is 12.8 Å². The molecule has 5 heteroatoms. The molecule has 1 aromatic carbocycles. The smallest absolute Gasteiger partial charge is 0.319 e. The molecular formula is C15H18N2O3. The highest BCUT2D eigenvalue weighted by molar-refractivity contribution is 5.89. The number of carbonyl (C=O) groups excluding carboxylic acids is 1. The van der Waals surface area contributed by atoms with Crippen LogP contribution in [0.3, 0.4) is 0 Å². The van der Waals surface area contributed by atoms with Crippen molar-refractivity contribution in [3.05, 3.63) is 54.0 Å². The predicted molar refractivity (Wildman–Crippen MR) is 76.5 cm³/mol. The van der Waals surface area contributed by atoms with Gasteiger partial charge in [-0.05, 0) is 43.7 Å². The number of urea groups is 1. The highest BCUT2D eigenvalue weighted by Crippen LogP contribution is 2.19. The molecule has 0 fully saturated rings. The number of anilines is 1. The Labute approximate surface area is 117 Å². The first kappa shape index (κ1) is 14.1. The van der Waals surface area contributed by atoms with E-state index in [0.717, 1.165) is 5.56 Å². The van der Waals surface area contributed by atoms with Gasteiger partial charge in [0, 0.05) is 5.69 Å². The minimum atomic E-state index is -1.24. The van der Waals surface area contributed by atoms with Gasteiger partial charge in [0.25, 0.3) is 0 Å². The molecule has 0 spiro atoms. The van der Waals surface area contributed by atoms with Crippen molar-refractivity contribution in [1.82, 2.24) is 5.32 Å². The molecule has 0 radical (unpaired) electrons. The largest absolute Gasteiger partial charge is 0.466 e. The highest BCUT2D eigenvalue weighted by atomic mass is 16.4. The van der Waals surface area contributed by atoms with E-state index in [4.69, 9.17) is 4.42 Å². The Morgan fingerprint density at radius 2 is 2.15 bits per heavy atom. The molecular weight excluding hydrogens is 256 g/mol. The molecule has 1 heterocycles. The predicted octanol–water partition coefficient (Wildman–Crippen LogP) is 2.62. The van der Waals surface area contributed by atoms with Gasteiger partial charge >= 0.3 is 6.03 Å². The van der Waals surface area contributed by atoms with E-state index in [-0.39, 0.29) is 12.6 Å². The minimum Gasteiger partial charge on any atom is -0.466 e. The standard InChI is InChI=1S/C15H18N2O3/c1-11-5-3-6-12(9-11)17-14(18)16-10-15(2,19)13-7-4-8-20-13/h3-9,19H,10H2,1-2H3,(H2,16,17,18). The lowest BCUT2D eigenvalue weighted by molar-refractivity contribution is 0.0372. The molecule has 3 N–H and O–H groups in total. The van der Waals surface area contributed by atoms with E-state index in [2.05, 4.69) is 10.6 Å². The quantitative estimate of drug-likeness (QED) is 0.802. The molecule has 106 valence electrons. The van der Waals surface area contributed by atoms with Crippen molar-refractivity contribution in [2.75, 3.05) is 11.9 Å². The second kappa shape index (κ2) is 5.79. The van der Waals surface area contributed by atoms with Crippen LogP contribution in [-0.2, 0) is 5.60 Å². The summed E-state index contributed by atoms with van der Waals surface area (Å²) in [5.41, 5.74) is 0.526. The molecule has 2 rings (SSSR count). The molecule has 1 unspecified atom stereocenters. The van der Waals surface area contributed by atoms with Gasteiger partial charge in [0.2, 0.25) is 0 Å². The van der Waals surface area contributed by atoms with Crippen LogP contribution in [0.15, 0.2) is 47.1 Å². The molecule has 2 aromatic rings. The number of rotatable bonds is 4. The van der Waals surface area contributed by atoms with Crippen LogP contribution < -0.4 is 10.6 Å². The third-order valence-corrected chi connectivity index (χ3v) is 2.92. The van der Waals surface area contributed by atoms with Crippen LogP contribution in [0.1, 0.15) is 18.2 Å². The zero-order valence-electron chi connectivity index (χ0n) is 11.5. The van der Waals surface area contributed by atoms with Gasteiger partial charge in [0.1, 0.15) is 11.4 Å². The maximum atomic E-state index is 11.8. The molecule has 0 aliphatic heterocycles. The summed E-state index contributed by atoms with van der Waals surface area (Å²) in [6.07, 6.45) is 1.48. The molecule has 1 atom stereocenters. The second-order valence-electron chi connectivity index (χ2n) is 4.93. The van der Waals surface area contributed by atoms with E-state index >= 15 is 0 Å². The van der Waals surface area contributed by atoms with Crippen LogP contribution in [0.4, 0.5) is 10.5 Å². The van der Waals surface area contributed by atoms with Crippen molar-refractivity contribution in [2.45, 2.75) is 19.4 Å². The second-order valence-corrected chi connectivity index (χ2v) is 4.93. The normalized spacial score (nSPS) is 13.6. The van der Waals surface area contributed by atoms with Gasteiger partial charge < -0.3 is 20.2 Å². The third-order valence-electron chi connectivity index (χ3n) is 2.92. The fraction of sp³-hybridized carbons (Fsp3) is 0.267. The van der Waals surface area contributed by atoms with Crippen LogP contribution in [0.25, 0.3) is 0 Å². The van der Waals surface area contributed by atoms with E-state index < -0.39 is 5.60 Å². The Morgan fingerprint density at radius 1 is 1.35 bits per heavy atom. The Kier molecular flexibility index (Phi) is 4.10. The summed E-state index contributed by atoms with van der Waals surface area (Å²) in [6.45, 7) is 3.59. The molecule has 5 nitrogen and oxygen atoms in total. The van der Waals surface area contributed by atoms with E-state index in [1.807, 2.05) is 25.1 Å². The van der Waals surface area contributed by atoms with Crippen molar-refractivity contribution in [3.8, 4) is 0 Å². The van der Waals surface area contributed by atoms with Gasteiger partial charge in [-0.2, -0.15) is 0 Å². The molecule has 0 saturated heterocycles. The number of nitrogens with one attached hydrogen (secondary N) is 2. The number of aliphatic hydroxyl groups is 1. The first-order valence-corrected chi connectivity index (χ1v) is 6.35. The zero-order chi connectivity index (χ0) is 14.6. The van der Waals surface area contributed by atoms with Crippen molar-refractivity contribution in [3.63, 3.8) is 0 Å². The Balaban J connectivity index is 1.89. The summed E-state index contributed by atoms with van der Waals surface area (Å²) >= 11 is 0. The van der Waals surface area contributed by atoms with Crippen molar-refractivity contribution >= 4 is 11.7 Å². The van der Waals surface area contributed by atoms with Gasteiger partial charge in [-0.25, -0.2) is 4.79 Å². The van der Waals surface area contributed by atoms with Crippen molar-refractivity contribution in [1.29, 1.82) is 0 Å².